The Hall–Kier alpha value is -1.52. The maximum atomic E-state index is 11.3. The molecule has 0 aliphatic rings. The van der Waals surface area contributed by atoms with E-state index in [1.807, 2.05) is 0 Å². The van der Waals surface area contributed by atoms with Crippen LogP contribution in [-0.2, 0) is 4.74 Å². The zero-order valence-corrected chi connectivity index (χ0v) is 7.79. The number of hydrogen-bond acceptors (Lipinski definition) is 5. The van der Waals surface area contributed by atoms with Gasteiger partial charge in [-0.25, -0.2) is 4.79 Å². The summed E-state index contributed by atoms with van der Waals surface area (Å²) < 4.78 is 14.3. The molecule has 0 saturated carbocycles. The number of carbonyl (C=O) groups excluding carboxylic acids is 1. The van der Waals surface area contributed by atoms with E-state index in [-0.39, 0.29) is 11.5 Å². The number of nitrogens with zero attached hydrogens (tertiary/aromatic N) is 1. The van der Waals surface area contributed by atoms with E-state index in [2.05, 4.69) is 5.16 Å². The summed E-state index contributed by atoms with van der Waals surface area (Å²) in [6, 6.07) is 0. The highest BCUT2D eigenvalue weighted by Gasteiger charge is 2.22. The van der Waals surface area contributed by atoms with Gasteiger partial charge in [-0.05, 0) is 13.8 Å². The molecular weight excluding hydrogens is 174 g/mol. The first-order chi connectivity index (χ1) is 6.20. The van der Waals surface area contributed by atoms with Gasteiger partial charge in [0.1, 0.15) is 0 Å². The number of hydrogen-bond donors (Lipinski definition) is 0. The molecule has 0 saturated heterocycles. The zero-order valence-electron chi connectivity index (χ0n) is 7.79. The smallest absolute Gasteiger partial charge is 0.347 e. The lowest BCUT2D eigenvalue weighted by Gasteiger charge is -2.00. The molecule has 1 rings (SSSR count). The van der Waals surface area contributed by atoms with E-state index < -0.39 is 5.97 Å². The molecule has 0 aliphatic heterocycles. The fraction of sp³-hybridized carbons (Fsp3) is 0.500. The molecule has 0 fully saturated rings. The molecule has 1 aromatic rings. The first-order valence-electron chi connectivity index (χ1n) is 3.88. The Balaban J connectivity index is 2.96. The van der Waals surface area contributed by atoms with Crippen molar-refractivity contribution in [1.29, 1.82) is 0 Å². The lowest BCUT2D eigenvalue weighted by Crippen LogP contribution is -2.06. The predicted octanol–water partition coefficient (Wildman–Crippen LogP) is 1.17. The summed E-state index contributed by atoms with van der Waals surface area (Å²) in [5, 5.41) is 3.59. The average Bonchev–Trinajstić information content (AvgIpc) is 2.47. The van der Waals surface area contributed by atoms with Crippen LogP contribution in [0.2, 0.25) is 0 Å². The van der Waals surface area contributed by atoms with Crippen molar-refractivity contribution >= 4 is 5.97 Å². The molecule has 5 heteroatoms. The Bertz CT molecular complexity index is 305. The molecule has 1 heterocycles. The molecule has 0 N–H and O–H groups in total. The van der Waals surface area contributed by atoms with Crippen LogP contribution < -0.4 is 4.74 Å². The fourth-order valence-corrected chi connectivity index (χ4v) is 0.923. The van der Waals surface area contributed by atoms with Gasteiger partial charge in [-0.2, -0.15) is 0 Å². The first-order valence-corrected chi connectivity index (χ1v) is 3.88. The van der Waals surface area contributed by atoms with Crippen molar-refractivity contribution in [2.24, 2.45) is 0 Å². The second-order valence-corrected chi connectivity index (χ2v) is 2.36. The number of esters is 1. The molecular formula is C8H11NO4. The van der Waals surface area contributed by atoms with E-state index in [4.69, 9.17) is 14.0 Å². The molecule has 0 unspecified atom stereocenters. The molecule has 0 radical (unpaired) electrons. The van der Waals surface area contributed by atoms with Crippen molar-refractivity contribution in [3.63, 3.8) is 0 Å². The van der Waals surface area contributed by atoms with Crippen LogP contribution in [0.25, 0.3) is 0 Å². The van der Waals surface area contributed by atoms with Gasteiger partial charge in [0, 0.05) is 0 Å². The summed E-state index contributed by atoms with van der Waals surface area (Å²) in [5.74, 6) is -0.381. The largest absolute Gasteiger partial charge is 0.466 e. The van der Waals surface area contributed by atoms with Gasteiger partial charge in [-0.3, -0.25) is 0 Å². The van der Waals surface area contributed by atoms with E-state index >= 15 is 0 Å². The van der Waals surface area contributed by atoms with Crippen LogP contribution in [0.5, 0.6) is 5.95 Å². The van der Waals surface area contributed by atoms with E-state index in [1.54, 1.807) is 13.8 Å². The molecule has 1 aromatic heterocycles. The molecule has 0 aromatic carbocycles. The van der Waals surface area contributed by atoms with Crippen molar-refractivity contribution in [1.82, 2.24) is 5.16 Å². The van der Waals surface area contributed by atoms with Gasteiger partial charge in [0.05, 0.1) is 19.4 Å². The number of methoxy groups -OCH3 is 1. The van der Waals surface area contributed by atoms with Gasteiger partial charge in [0.15, 0.2) is 5.56 Å². The normalized spacial score (nSPS) is 9.77. The fourth-order valence-electron chi connectivity index (χ4n) is 0.923. The lowest BCUT2D eigenvalue weighted by molar-refractivity contribution is 0.0519. The van der Waals surface area contributed by atoms with Crippen molar-refractivity contribution in [3.05, 3.63) is 11.3 Å². The van der Waals surface area contributed by atoms with Crippen LogP contribution in [0.1, 0.15) is 23.0 Å². The molecule has 0 amide bonds. The van der Waals surface area contributed by atoms with Gasteiger partial charge in [0.2, 0.25) is 0 Å². The Morgan fingerprint density at radius 2 is 2.31 bits per heavy atom. The Kier molecular flexibility index (Phi) is 2.89. The van der Waals surface area contributed by atoms with Crippen LogP contribution >= 0.6 is 0 Å². The van der Waals surface area contributed by atoms with Crippen LogP contribution in [0, 0.1) is 6.92 Å². The number of rotatable bonds is 3. The SMILES string of the molecule is CCOC(=O)c1c(C)noc1OC. The predicted molar refractivity (Wildman–Crippen MR) is 43.7 cm³/mol. The second-order valence-electron chi connectivity index (χ2n) is 2.36. The summed E-state index contributed by atoms with van der Waals surface area (Å²) >= 11 is 0. The second kappa shape index (κ2) is 3.93. The molecule has 72 valence electrons. The van der Waals surface area contributed by atoms with E-state index in [0.29, 0.717) is 12.3 Å². The van der Waals surface area contributed by atoms with E-state index in [9.17, 15) is 4.79 Å². The Labute approximate surface area is 75.6 Å². The lowest BCUT2D eigenvalue weighted by atomic mass is 10.2. The maximum absolute atomic E-state index is 11.3. The minimum absolute atomic E-state index is 0.0935. The van der Waals surface area contributed by atoms with Gasteiger partial charge in [-0.15, -0.1) is 0 Å². The Morgan fingerprint density at radius 1 is 1.62 bits per heavy atom. The average molecular weight is 185 g/mol. The highest BCUT2D eigenvalue weighted by molar-refractivity contribution is 5.92. The van der Waals surface area contributed by atoms with E-state index in [0.717, 1.165) is 0 Å². The topological polar surface area (TPSA) is 61.6 Å². The Morgan fingerprint density at radius 3 is 2.85 bits per heavy atom. The minimum atomic E-state index is -0.474. The van der Waals surface area contributed by atoms with Crippen molar-refractivity contribution in [3.8, 4) is 5.95 Å². The van der Waals surface area contributed by atoms with Crippen LogP contribution in [0.3, 0.4) is 0 Å². The van der Waals surface area contributed by atoms with Gasteiger partial charge in [-0.1, -0.05) is 5.16 Å². The van der Waals surface area contributed by atoms with Crippen LogP contribution in [-0.4, -0.2) is 24.8 Å². The van der Waals surface area contributed by atoms with Crippen molar-refractivity contribution in [2.75, 3.05) is 13.7 Å². The molecule has 0 spiro atoms. The van der Waals surface area contributed by atoms with Crippen LogP contribution in [0.4, 0.5) is 0 Å². The highest BCUT2D eigenvalue weighted by Crippen LogP contribution is 2.21. The minimum Gasteiger partial charge on any atom is -0.466 e. The highest BCUT2D eigenvalue weighted by atomic mass is 16.6. The summed E-state index contributed by atoms with van der Waals surface area (Å²) in [5.41, 5.74) is 0.722. The molecule has 13 heavy (non-hydrogen) atoms. The van der Waals surface area contributed by atoms with Crippen molar-refractivity contribution in [2.45, 2.75) is 13.8 Å². The summed E-state index contributed by atoms with van der Waals surface area (Å²) in [6.07, 6.45) is 0. The number of ether oxygens (including phenoxy) is 2. The number of aryl methyl sites for hydroxylation is 1. The quantitative estimate of drug-likeness (QED) is 0.661. The first kappa shape index (κ1) is 9.57. The van der Waals surface area contributed by atoms with Gasteiger partial charge in [0.25, 0.3) is 0 Å². The van der Waals surface area contributed by atoms with Crippen molar-refractivity contribution < 1.29 is 18.8 Å². The molecule has 0 aliphatic carbocycles. The monoisotopic (exact) mass is 185 g/mol. The summed E-state index contributed by atoms with van der Waals surface area (Å²) in [4.78, 5) is 11.3. The van der Waals surface area contributed by atoms with E-state index in [1.165, 1.54) is 7.11 Å². The third-order valence-corrected chi connectivity index (χ3v) is 1.50. The van der Waals surface area contributed by atoms with Crippen LogP contribution in [0.15, 0.2) is 4.52 Å². The summed E-state index contributed by atoms with van der Waals surface area (Å²) in [7, 11) is 1.41. The number of carbonyl (C=O) groups is 1. The molecule has 5 nitrogen and oxygen atoms in total. The number of aromatic nitrogens is 1. The molecule has 0 atom stereocenters. The maximum Gasteiger partial charge on any atom is 0.347 e. The van der Waals surface area contributed by atoms with Gasteiger partial charge >= 0.3 is 11.9 Å². The zero-order chi connectivity index (χ0) is 9.84. The summed E-state index contributed by atoms with van der Waals surface area (Å²) in [6.45, 7) is 3.69. The third-order valence-electron chi connectivity index (χ3n) is 1.50. The molecule has 0 bridgehead atoms. The third kappa shape index (κ3) is 1.80. The van der Waals surface area contributed by atoms with Gasteiger partial charge < -0.3 is 14.0 Å². The standard InChI is InChI=1S/C8H11NO4/c1-4-12-7(10)6-5(2)9-13-8(6)11-3/h4H2,1-3H3.